The molecular formula is C35H33F4N7O4. The summed E-state index contributed by atoms with van der Waals surface area (Å²) in [6, 6.07) is 5.77. The van der Waals surface area contributed by atoms with E-state index in [1.54, 1.807) is 42.8 Å². The fourth-order valence-electron chi connectivity index (χ4n) is 7.23. The van der Waals surface area contributed by atoms with Crippen LogP contribution < -0.4 is 5.32 Å². The van der Waals surface area contributed by atoms with Crippen LogP contribution in [-0.2, 0) is 33.7 Å². The average molecular weight is 692 g/mol. The van der Waals surface area contributed by atoms with Crippen molar-refractivity contribution in [3.63, 3.8) is 0 Å². The summed E-state index contributed by atoms with van der Waals surface area (Å²) in [5.41, 5.74) is 0.956. The number of fused-ring (bicyclic) bond motifs is 3. The molecule has 5 heterocycles. The maximum atomic E-state index is 16.2. The van der Waals surface area contributed by atoms with Crippen molar-refractivity contribution < 1.29 is 36.7 Å². The average Bonchev–Trinajstić information content (AvgIpc) is 3.30. The molecule has 3 atom stereocenters. The van der Waals surface area contributed by atoms with Crippen LogP contribution >= 0.6 is 0 Å². The van der Waals surface area contributed by atoms with E-state index in [4.69, 9.17) is 4.74 Å². The molecule has 11 nitrogen and oxygen atoms in total. The van der Waals surface area contributed by atoms with Crippen LogP contribution in [0.25, 0.3) is 27.7 Å². The van der Waals surface area contributed by atoms with Crippen molar-refractivity contribution in [2.75, 3.05) is 12.4 Å². The molecule has 15 heteroatoms. The first-order valence-corrected chi connectivity index (χ1v) is 15.9. The number of hydrogen-bond acceptors (Lipinski definition) is 7. The molecule has 5 aromatic rings. The zero-order valence-electron chi connectivity index (χ0n) is 27.9. The number of halogens is 4. The molecule has 0 unspecified atom stereocenters. The molecule has 260 valence electrons. The molecule has 1 N–H and O–H groups in total. The number of Topliss-reactive ketones (excluding diaryl/α,β-unsaturated/α-hetero) is 1. The Labute approximate surface area is 283 Å². The van der Waals surface area contributed by atoms with Gasteiger partial charge in [-0.15, -0.1) is 0 Å². The van der Waals surface area contributed by atoms with Gasteiger partial charge in [0.15, 0.2) is 11.4 Å². The number of rotatable bonds is 8. The quantitative estimate of drug-likeness (QED) is 0.159. The minimum absolute atomic E-state index is 0.0973. The SMILES string of the molecule is COCc1ccc(C(F)(F)F)nc1NC(=O)[C@@H]1C[C@@]2(C)C[C@H]2N1C(=O)Cn1cc(C(C)=O)c2cc(-c3ccc4nc(C)nn4c3)c(F)c(C)c21. The Kier molecular flexibility index (Phi) is 7.81. The number of pyridine rings is 2. The third-order valence-corrected chi connectivity index (χ3v) is 9.80. The van der Waals surface area contributed by atoms with Crippen LogP contribution in [-0.4, -0.2) is 65.8 Å². The molecule has 1 aliphatic carbocycles. The van der Waals surface area contributed by atoms with Crippen molar-refractivity contribution in [1.82, 2.24) is 29.0 Å². The van der Waals surface area contributed by atoms with Gasteiger partial charge >= 0.3 is 6.18 Å². The van der Waals surface area contributed by atoms with Crippen molar-refractivity contribution >= 4 is 40.0 Å². The summed E-state index contributed by atoms with van der Waals surface area (Å²) in [6.07, 6.45) is -0.615. The van der Waals surface area contributed by atoms with Crippen LogP contribution in [0.15, 0.2) is 42.7 Å². The second-order valence-electron chi connectivity index (χ2n) is 13.4. The Morgan fingerprint density at radius 2 is 1.84 bits per heavy atom. The van der Waals surface area contributed by atoms with Gasteiger partial charge < -0.3 is 19.5 Å². The summed E-state index contributed by atoms with van der Waals surface area (Å²) >= 11 is 0. The Bertz CT molecular complexity index is 2240. The van der Waals surface area contributed by atoms with E-state index in [-0.39, 0.29) is 52.9 Å². The van der Waals surface area contributed by atoms with Crippen LogP contribution in [0.5, 0.6) is 0 Å². The summed E-state index contributed by atoms with van der Waals surface area (Å²) in [6.45, 7) is 6.26. The van der Waals surface area contributed by atoms with E-state index in [0.717, 1.165) is 6.07 Å². The van der Waals surface area contributed by atoms with E-state index < -0.39 is 35.5 Å². The summed E-state index contributed by atoms with van der Waals surface area (Å²) in [7, 11) is 1.37. The Morgan fingerprint density at radius 1 is 1.08 bits per heavy atom. The van der Waals surface area contributed by atoms with Gasteiger partial charge in [0.2, 0.25) is 11.8 Å². The van der Waals surface area contributed by atoms with Crippen molar-refractivity contribution in [3.8, 4) is 11.1 Å². The number of carbonyl (C=O) groups is 3. The Hall–Kier alpha value is -5.18. The summed E-state index contributed by atoms with van der Waals surface area (Å²) in [5.74, 6) is -1.69. The largest absolute Gasteiger partial charge is 0.433 e. The smallest absolute Gasteiger partial charge is 0.380 e. The first kappa shape index (κ1) is 33.3. The molecule has 0 radical (unpaired) electrons. The number of aryl methyl sites for hydroxylation is 2. The number of anilines is 1. The number of amides is 2. The monoisotopic (exact) mass is 691 g/mol. The van der Waals surface area contributed by atoms with Gasteiger partial charge in [-0.05, 0) is 63.3 Å². The van der Waals surface area contributed by atoms with Gasteiger partial charge in [-0.3, -0.25) is 14.4 Å². The number of ether oxygens (including phenoxy) is 1. The highest BCUT2D eigenvalue weighted by molar-refractivity contribution is 6.09. The minimum atomic E-state index is -4.74. The highest BCUT2D eigenvalue weighted by Gasteiger charge is 2.64. The molecule has 1 saturated heterocycles. The Balaban J connectivity index is 1.22. The molecule has 50 heavy (non-hydrogen) atoms. The lowest BCUT2D eigenvalue weighted by Gasteiger charge is -2.27. The van der Waals surface area contributed by atoms with Gasteiger partial charge in [0.1, 0.15) is 35.7 Å². The number of nitrogens with zero attached hydrogens (tertiary/aromatic N) is 6. The second kappa shape index (κ2) is 11.7. The van der Waals surface area contributed by atoms with Crippen molar-refractivity contribution in [1.29, 1.82) is 0 Å². The maximum Gasteiger partial charge on any atom is 0.433 e. The fourth-order valence-corrected chi connectivity index (χ4v) is 7.23. The zero-order chi connectivity index (χ0) is 35.9. The number of methoxy groups -OCH3 is 1. The number of likely N-dealkylation sites (tertiary alicyclic amines) is 1. The summed E-state index contributed by atoms with van der Waals surface area (Å²) < 4.78 is 64.8. The molecule has 0 spiro atoms. The molecule has 4 aromatic heterocycles. The van der Waals surface area contributed by atoms with Crippen LogP contribution in [0.1, 0.15) is 59.7 Å². The third kappa shape index (κ3) is 5.58. The van der Waals surface area contributed by atoms with Gasteiger partial charge in [-0.1, -0.05) is 13.0 Å². The lowest BCUT2D eigenvalue weighted by molar-refractivity contribution is -0.141. The normalized spacial score (nSPS) is 20.1. The van der Waals surface area contributed by atoms with Crippen LogP contribution in [0.4, 0.5) is 23.4 Å². The lowest BCUT2D eigenvalue weighted by Crippen LogP contribution is -2.46. The van der Waals surface area contributed by atoms with Gasteiger partial charge in [0.05, 0.1) is 12.1 Å². The lowest BCUT2D eigenvalue weighted by atomic mass is 9.98. The Morgan fingerprint density at radius 3 is 2.54 bits per heavy atom. The van der Waals surface area contributed by atoms with E-state index in [0.29, 0.717) is 46.3 Å². The van der Waals surface area contributed by atoms with Crippen molar-refractivity contribution in [2.24, 2.45) is 5.41 Å². The number of ketones is 1. The number of hydrogen-bond donors (Lipinski definition) is 1. The molecular weight excluding hydrogens is 658 g/mol. The first-order chi connectivity index (χ1) is 23.6. The zero-order valence-corrected chi connectivity index (χ0v) is 27.9. The number of aromatic nitrogens is 5. The highest BCUT2D eigenvalue weighted by atomic mass is 19.4. The van der Waals surface area contributed by atoms with Crippen molar-refractivity contribution in [3.05, 3.63) is 76.8 Å². The molecule has 1 aliphatic heterocycles. The number of piperidine rings is 1. The second-order valence-corrected chi connectivity index (χ2v) is 13.4. The number of alkyl halides is 3. The van der Waals surface area contributed by atoms with E-state index in [9.17, 15) is 27.6 Å². The van der Waals surface area contributed by atoms with E-state index in [2.05, 4.69) is 20.4 Å². The fraction of sp³-hybridized carbons (Fsp3) is 0.371. The van der Waals surface area contributed by atoms with Gasteiger partial charge in [-0.25, -0.2) is 18.9 Å². The predicted molar refractivity (Wildman–Crippen MR) is 174 cm³/mol. The van der Waals surface area contributed by atoms with E-state index in [1.165, 1.54) is 35.8 Å². The molecule has 2 aliphatic rings. The van der Waals surface area contributed by atoms with Crippen LogP contribution in [0.2, 0.25) is 0 Å². The molecule has 1 saturated carbocycles. The minimum Gasteiger partial charge on any atom is -0.380 e. The van der Waals surface area contributed by atoms with Gasteiger partial charge in [0.25, 0.3) is 0 Å². The highest BCUT2D eigenvalue weighted by Crippen LogP contribution is 2.59. The van der Waals surface area contributed by atoms with Gasteiger partial charge in [-0.2, -0.15) is 18.3 Å². The number of nitrogens with one attached hydrogen (secondary N) is 1. The van der Waals surface area contributed by atoms with Crippen LogP contribution in [0.3, 0.4) is 0 Å². The van der Waals surface area contributed by atoms with E-state index in [1.807, 2.05) is 6.92 Å². The van der Waals surface area contributed by atoms with Crippen molar-refractivity contribution in [2.45, 2.75) is 71.9 Å². The van der Waals surface area contributed by atoms with Crippen LogP contribution in [0, 0.1) is 25.1 Å². The number of benzene rings is 1. The molecule has 7 rings (SSSR count). The van der Waals surface area contributed by atoms with E-state index >= 15 is 4.39 Å². The summed E-state index contributed by atoms with van der Waals surface area (Å²) in [4.78, 5) is 50.1. The predicted octanol–water partition coefficient (Wildman–Crippen LogP) is 5.89. The molecule has 2 amide bonds. The number of carbonyl (C=O) groups excluding carboxylic acids is 3. The summed E-state index contributed by atoms with van der Waals surface area (Å²) in [5, 5.41) is 7.30. The molecule has 2 fully saturated rings. The molecule has 0 bridgehead atoms. The van der Waals surface area contributed by atoms with Gasteiger partial charge in [0, 0.05) is 58.7 Å². The topological polar surface area (TPSA) is 124 Å². The molecule has 1 aromatic carbocycles. The third-order valence-electron chi connectivity index (χ3n) is 9.80. The standard InChI is InChI=1S/C35H33F4N7O4/c1-17-30(36)22(20-7-9-28-40-19(3)43-45(28)13-20)10-23-24(18(2)47)14-44(31(17)23)15-29(48)46-25(11-34(4)12-27(34)46)33(49)42-32-21(16-50-5)6-8-26(41-32)35(37,38)39/h6-10,13-14,25,27H,11-12,15-16H2,1-5H3,(H,41,42,49)/t25-,27+,34-/m0/s1. The first-order valence-electron chi connectivity index (χ1n) is 15.9. The maximum absolute atomic E-state index is 16.2.